The molecule has 2 aromatic heterocycles. The van der Waals surface area contributed by atoms with Crippen LogP contribution < -0.4 is 20.6 Å². The van der Waals surface area contributed by atoms with Gasteiger partial charge in [0.1, 0.15) is 11.6 Å². The van der Waals surface area contributed by atoms with Crippen LogP contribution in [0.4, 0.5) is 0 Å². The molecule has 4 aromatic rings. The molecule has 0 saturated carbocycles. The maximum Gasteiger partial charge on any atom is 0.294 e. The lowest BCUT2D eigenvalue weighted by Crippen LogP contribution is -2.21. The molecule has 1 N–H and O–H groups in total. The fourth-order valence-corrected chi connectivity index (χ4v) is 3.47. The third-order valence-corrected chi connectivity index (χ3v) is 5.21. The first-order valence-corrected chi connectivity index (χ1v) is 10.1. The Labute approximate surface area is 193 Å². The zero-order chi connectivity index (χ0) is 23.5. The van der Waals surface area contributed by atoms with E-state index in [2.05, 4.69) is 10.1 Å². The van der Waals surface area contributed by atoms with Gasteiger partial charge in [0, 0.05) is 11.3 Å². The fraction of sp³-hybridized carbons (Fsp3) is 0.0833. The lowest BCUT2D eigenvalue weighted by Gasteiger charge is -2.14. The number of ether oxygens (including phenoxy) is 2. The molecular formula is C24H17ClN4O4. The summed E-state index contributed by atoms with van der Waals surface area (Å²) in [6, 6.07) is 17.4. The van der Waals surface area contributed by atoms with Gasteiger partial charge < -0.3 is 14.5 Å². The van der Waals surface area contributed by atoms with Gasteiger partial charge in [0.15, 0.2) is 22.3 Å². The lowest BCUT2D eigenvalue weighted by molar-refractivity contribution is 0.378. The van der Waals surface area contributed by atoms with E-state index in [1.54, 1.807) is 55.5 Å². The Balaban J connectivity index is 1.73. The molecule has 9 heteroatoms. The number of aromatic amines is 1. The number of H-pyrrole nitrogens is 1. The van der Waals surface area contributed by atoms with Crippen molar-refractivity contribution in [2.75, 3.05) is 7.11 Å². The number of hydrogen-bond donors (Lipinski definition) is 1. The number of methoxy groups -OCH3 is 1. The summed E-state index contributed by atoms with van der Waals surface area (Å²) < 4.78 is 12.4. The van der Waals surface area contributed by atoms with Crippen LogP contribution >= 0.6 is 11.6 Å². The van der Waals surface area contributed by atoms with Gasteiger partial charge in [-0.1, -0.05) is 35.9 Å². The minimum Gasteiger partial charge on any atom is -0.493 e. The number of nitrogens with one attached hydrogen (secondary N) is 1. The van der Waals surface area contributed by atoms with Crippen LogP contribution in [0.3, 0.4) is 0 Å². The Hall–Kier alpha value is -4.35. The van der Waals surface area contributed by atoms with Crippen LogP contribution in [0.2, 0.25) is 5.02 Å². The topological polar surface area (TPSA) is 110 Å². The predicted molar refractivity (Wildman–Crippen MR) is 123 cm³/mol. The van der Waals surface area contributed by atoms with Gasteiger partial charge in [0.05, 0.1) is 19.0 Å². The van der Waals surface area contributed by atoms with E-state index in [0.29, 0.717) is 28.3 Å². The summed E-state index contributed by atoms with van der Waals surface area (Å²) in [6.07, 6.45) is 1.35. The van der Waals surface area contributed by atoms with Gasteiger partial charge in [-0.3, -0.25) is 9.59 Å². The van der Waals surface area contributed by atoms with Crippen molar-refractivity contribution in [2.45, 2.75) is 6.92 Å². The second-order valence-electron chi connectivity index (χ2n) is 7.02. The first-order valence-electron chi connectivity index (χ1n) is 9.76. The Bertz CT molecular complexity index is 1500. The first-order chi connectivity index (χ1) is 15.9. The Morgan fingerprint density at radius 2 is 1.82 bits per heavy atom. The number of aromatic nitrogens is 3. The second kappa shape index (κ2) is 9.02. The van der Waals surface area contributed by atoms with Crippen molar-refractivity contribution in [1.29, 1.82) is 5.26 Å². The van der Waals surface area contributed by atoms with Crippen molar-refractivity contribution < 1.29 is 9.47 Å². The van der Waals surface area contributed by atoms with E-state index in [-0.39, 0.29) is 22.1 Å². The SMILES string of the molecule is COc1cc(-c2cc(C)[nH]c(=O)c2C#N)ccc1Oc1cnn(-c2ccccc2)c(=O)c1Cl. The summed E-state index contributed by atoms with van der Waals surface area (Å²) in [5.74, 6) is 0.657. The predicted octanol–water partition coefficient (Wildman–Crippen LogP) is 4.22. The summed E-state index contributed by atoms with van der Waals surface area (Å²) in [4.78, 5) is 27.5. The fourth-order valence-electron chi connectivity index (χ4n) is 3.31. The Morgan fingerprint density at radius 1 is 1.06 bits per heavy atom. The average Bonchev–Trinajstić information content (AvgIpc) is 2.82. The van der Waals surface area contributed by atoms with Crippen LogP contribution in [-0.4, -0.2) is 21.9 Å². The molecule has 0 saturated heterocycles. The third kappa shape index (κ3) is 4.22. The van der Waals surface area contributed by atoms with Gasteiger partial charge in [-0.2, -0.15) is 15.0 Å². The van der Waals surface area contributed by atoms with Crippen molar-refractivity contribution in [3.8, 4) is 40.1 Å². The number of pyridine rings is 1. The highest BCUT2D eigenvalue weighted by molar-refractivity contribution is 6.31. The molecule has 8 nitrogen and oxygen atoms in total. The number of aryl methyl sites for hydroxylation is 1. The highest BCUT2D eigenvalue weighted by Gasteiger charge is 2.17. The molecule has 0 spiro atoms. The maximum atomic E-state index is 12.7. The van der Waals surface area contributed by atoms with Crippen LogP contribution in [0, 0.1) is 18.3 Å². The van der Waals surface area contributed by atoms with Crippen molar-refractivity contribution in [1.82, 2.24) is 14.8 Å². The number of hydrogen-bond acceptors (Lipinski definition) is 6. The molecule has 4 rings (SSSR count). The highest BCUT2D eigenvalue weighted by atomic mass is 35.5. The summed E-state index contributed by atoms with van der Waals surface area (Å²) in [5.41, 5.74) is 1.23. The standard InChI is InChI=1S/C24H17ClN4O4/c1-14-10-17(18(12-26)23(30)28-14)15-8-9-19(20(11-15)32-2)33-21-13-27-29(24(31)22(21)25)16-6-4-3-5-7-16/h3-11,13H,1-2H3,(H,28,30). The normalized spacial score (nSPS) is 10.5. The van der Waals surface area contributed by atoms with Crippen LogP contribution in [0.1, 0.15) is 11.3 Å². The average molecular weight is 461 g/mol. The number of para-hydroxylation sites is 1. The Morgan fingerprint density at radius 3 is 2.52 bits per heavy atom. The quantitative estimate of drug-likeness (QED) is 0.477. The molecule has 0 aliphatic rings. The molecule has 0 amide bonds. The van der Waals surface area contributed by atoms with Gasteiger partial charge in [0.2, 0.25) is 0 Å². The smallest absolute Gasteiger partial charge is 0.294 e. The van der Waals surface area contributed by atoms with Crippen molar-refractivity contribution >= 4 is 11.6 Å². The summed E-state index contributed by atoms with van der Waals surface area (Å²) in [7, 11) is 1.45. The zero-order valence-corrected chi connectivity index (χ0v) is 18.4. The summed E-state index contributed by atoms with van der Waals surface area (Å²) >= 11 is 6.28. The van der Waals surface area contributed by atoms with Crippen LogP contribution in [0.15, 0.2) is 70.4 Å². The molecule has 33 heavy (non-hydrogen) atoms. The maximum absolute atomic E-state index is 12.7. The minimum absolute atomic E-state index is 0.00640. The van der Waals surface area contributed by atoms with Crippen LogP contribution in [-0.2, 0) is 0 Å². The van der Waals surface area contributed by atoms with Gasteiger partial charge in [-0.25, -0.2) is 0 Å². The third-order valence-electron chi connectivity index (χ3n) is 4.86. The highest BCUT2D eigenvalue weighted by Crippen LogP contribution is 2.37. The second-order valence-corrected chi connectivity index (χ2v) is 7.40. The van der Waals surface area contributed by atoms with E-state index >= 15 is 0 Å². The molecule has 0 bridgehead atoms. The summed E-state index contributed by atoms with van der Waals surface area (Å²) in [5, 5.41) is 13.4. The molecule has 0 atom stereocenters. The van der Waals surface area contributed by atoms with Gasteiger partial charge >= 0.3 is 0 Å². The minimum atomic E-state index is -0.534. The molecular weight excluding hydrogens is 444 g/mol. The van der Waals surface area contributed by atoms with Gasteiger partial charge in [0.25, 0.3) is 11.1 Å². The molecule has 2 heterocycles. The van der Waals surface area contributed by atoms with Crippen molar-refractivity contribution in [3.63, 3.8) is 0 Å². The van der Waals surface area contributed by atoms with E-state index < -0.39 is 11.1 Å². The number of rotatable bonds is 5. The lowest BCUT2D eigenvalue weighted by atomic mass is 10.0. The molecule has 0 aliphatic heterocycles. The molecule has 0 radical (unpaired) electrons. The number of halogens is 1. The van der Waals surface area contributed by atoms with E-state index in [1.807, 2.05) is 12.1 Å². The number of nitriles is 1. The zero-order valence-electron chi connectivity index (χ0n) is 17.6. The van der Waals surface area contributed by atoms with Crippen LogP contribution in [0.25, 0.3) is 16.8 Å². The van der Waals surface area contributed by atoms with E-state index in [9.17, 15) is 14.9 Å². The first kappa shape index (κ1) is 21.9. The monoisotopic (exact) mass is 460 g/mol. The van der Waals surface area contributed by atoms with E-state index in [1.165, 1.54) is 18.0 Å². The van der Waals surface area contributed by atoms with Crippen molar-refractivity contribution in [2.24, 2.45) is 0 Å². The Kier molecular flexibility index (Phi) is 5.98. The molecule has 0 unspecified atom stereocenters. The number of benzene rings is 2. The molecule has 0 fully saturated rings. The van der Waals surface area contributed by atoms with Gasteiger partial charge in [-0.15, -0.1) is 0 Å². The van der Waals surface area contributed by atoms with Crippen LogP contribution in [0.5, 0.6) is 17.2 Å². The largest absolute Gasteiger partial charge is 0.493 e. The molecule has 2 aromatic carbocycles. The van der Waals surface area contributed by atoms with Crippen molar-refractivity contribution in [3.05, 3.63) is 97.8 Å². The van der Waals surface area contributed by atoms with E-state index in [4.69, 9.17) is 21.1 Å². The van der Waals surface area contributed by atoms with Gasteiger partial charge in [-0.05, 0) is 42.8 Å². The molecule has 0 aliphatic carbocycles. The number of nitrogens with zero attached hydrogens (tertiary/aromatic N) is 3. The van der Waals surface area contributed by atoms with E-state index in [0.717, 1.165) is 0 Å². The summed E-state index contributed by atoms with van der Waals surface area (Å²) in [6.45, 7) is 1.73. The molecule has 164 valence electrons.